The van der Waals surface area contributed by atoms with Gasteiger partial charge in [0.2, 0.25) is 0 Å². The standard InChI is InChI=1S/C14H15NO3S2/c1-10-4-5-13-11(9-10)12(6-7-18-13)15-20(16,17)14-3-2-8-19-14/h2-5,8-9,12,15H,6-7H2,1H3. The van der Waals surface area contributed by atoms with Crippen LogP contribution in [0.4, 0.5) is 0 Å². The van der Waals surface area contributed by atoms with Crippen molar-refractivity contribution < 1.29 is 13.2 Å². The van der Waals surface area contributed by atoms with Crippen molar-refractivity contribution in [2.24, 2.45) is 0 Å². The molecule has 0 saturated carbocycles. The average molecular weight is 309 g/mol. The van der Waals surface area contributed by atoms with Gasteiger partial charge in [0, 0.05) is 12.0 Å². The van der Waals surface area contributed by atoms with E-state index < -0.39 is 10.0 Å². The summed E-state index contributed by atoms with van der Waals surface area (Å²) in [7, 11) is -3.46. The van der Waals surface area contributed by atoms with Crippen molar-refractivity contribution in [3.05, 3.63) is 46.8 Å². The number of benzene rings is 1. The minimum atomic E-state index is -3.46. The molecule has 1 aliphatic heterocycles. The fourth-order valence-electron chi connectivity index (χ4n) is 2.30. The fraction of sp³-hybridized carbons (Fsp3) is 0.286. The van der Waals surface area contributed by atoms with Crippen LogP contribution in [0.1, 0.15) is 23.6 Å². The summed E-state index contributed by atoms with van der Waals surface area (Å²) in [6, 6.07) is 8.97. The van der Waals surface area contributed by atoms with Gasteiger partial charge in [0.1, 0.15) is 9.96 Å². The Balaban J connectivity index is 1.92. The molecular weight excluding hydrogens is 294 g/mol. The molecule has 4 nitrogen and oxygen atoms in total. The maximum atomic E-state index is 12.3. The van der Waals surface area contributed by atoms with Crippen LogP contribution in [0, 0.1) is 6.92 Å². The molecule has 6 heteroatoms. The van der Waals surface area contributed by atoms with E-state index in [0.29, 0.717) is 17.2 Å². The largest absolute Gasteiger partial charge is 0.493 e. The molecule has 2 heterocycles. The number of thiophene rings is 1. The van der Waals surface area contributed by atoms with E-state index >= 15 is 0 Å². The molecule has 0 aliphatic carbocycles. The number of aryl methyl sites for hydroxylation is 1. The van der Waals surface area contributed by atoms with Crippen LogP contribution in [-0.4, -0.2) is 15.0 Å². The zero-order valence-corrected chi connectivity index (χ0v) is 12.6. The van der Waals surface area contributed by atoms with Gasteiger partial charge in [-0.05, 0) is 24.4 Å². The number of ether oxygens (including phenoxy) is 1. The summed E-state index contributed by atoms with van der Waals surface area (Å²) < 4.78 is 33.3. The Morgan fingerprint density at radius 1 is 1.35 bits per heavy atom. The van der Waals surface area contributed by atoms with Crippen molar-refractivity contribution in [3.63, 3.8) is 0 Å². The predicted molar refractivity (Wildman–Crippen MR) is 78.7 cm³/mol. The topological polar surface area (TPSA) is 55.4 Å². The highest BCUT2D eigenvalue weighted by molar-refractivity contribution is 7.91. The van der Waals surface area contributed by atoms with Gasteiger partial charge in [0.25, 0.3) is 10.0 Å². The SMILES string of the molecule is Cc1ccc2c(c1)C(NS(=O)(=O)c1cccs1)CCO2. The Bertz CT molecular complexity index is 708. The maximum Gasteiger partial charge on any atom is 0.250 e. The van der Waals surface area contributed by atoms with Gasteiger partial charge in [0.15, 0.2) is 0 Å². The van der Waals surface area contributed by atoms with Crippen molar-refractivity contribution in [1.82, 2.24) is 4.72 Å². The summed E-state index contributed by atoms with van der Waals surface area (Å²) in [4.78, 5) is 0. The quantitative estimate of drug-likeness (QED) is 0.948. The van der Waals surface area contributed by atoms with E-state index in [9.17, 15) is 8.42 Å². The monoisotopic (exact) mass is 309 g/mol. The molecule has 20 heavy (non-hydrogen) atoms. The van der Waals surface area contributed by atoms with E-state index in [4.69, 9.17) is 4.74 Å². The summed E-state index contributed by atoms with van der Waals surface area (Å²) in [6.45, 7) is 2.51. The van der Waals surface area contributed by atoms with E-state index in [2.05, 4.69) is 4.72 Å². The van der Waals surface area contributed by atoms with Crippen molar-refractivity contribution >= 4 is 21.4 Å². The van der Waals surface area contributed by atoms with Crippen molar-refractivity contribution in [2.45, 2.75) is 23.6 Å². The first kappa shape index (κ1) is 13.6. The zero-order chi connectivity index (χ0) is 14.2. The van der Waals surface area contributed by atoms with Crippen LogP contribution in [0.2, 0.25) is 0 Å². The Kier molecular flexibility index (Phi) is 3.54. The smallest absolute Gasteiger partial charge is 0.250 e. The Hall–Kier alpha value is -1.37. The lowest BCUT2D eigenvalue weighted by molar-refractivity contribution is 0.263. The van der Waals surface area contributed by atoms with Crippen LogP contribution in [-0.2, 0) is 10.0 Å². The van der Waals surface area contributed by atoms with Crippen LogP contribution in [0.15, 0.2) is 39.9 Å². The van der Waals surface area contributed by atoms with Crippen molar-refractivity contribution in [3.8, 4) is 5.75 Å². The summed E-state index contributed by atoms with van der Waals surface area (Å²) in [5.74, 6) is 0.765. The van der Waals surface area contributed by atoms with Gasteiger partial charge >= 0.3 is 0 Å². The van der Waals surface area contributed by atoms with Gasteiger partial charge in [0.05, 0.1) is 12.6 Å². The van der Waals surface area contributed by atoms with Crippen LogP contribution in [0.3, 0.4) is 0 Å². The fourth-order valence-corrected chi connectivity index (χ4v) is 4.56. The highest BCUT2D eigenvalue weighted by Crippen LogP contribution is 2.34. The molecule has 0 amide bonds. The summed E-state index contributed by atoms with van der Waals surface area (Å²) >= 11 is 1.22. The maximum absolute atomic E-state index is 12.3. The van der Waals surface area contributed by atoms with E-state index in [0.717, 1.165) is 16.9 Å². The third-order valence-corrected chi connectivity index (χ3v) is 6.13. The van der Waals surface area contributed by atoms with Crippen LogP contribution < -0.4 is 9.46 Å². The van der Waals surface area contributed by atoms with Crippen LogP contribution in [0.25, 0.3) is 0 Å². The highest BCUT2D eigenvalue weighted by atomic mass is 32.2. The predicted octanol–water partition coefficient (Wildman–Crippen LogP) is 2.86. The molecule has 0 bridgehead atoms. The average Bonchev–Trinajstić information content (AvgIpc) is 2.94. The Morgan fingerprint density at radius 2 is 2.20 bits per heavy atom. The molecule has 0 spiro atoms. The van der Waals surface area contributed by atoms with Crippen molar-refractivity contribution in [2.75, 3.05) is 6.61 Å². The molecule has 1 unspecified atom stereocenters. The van der Waals surface area contributed by atoms with E-state index in [1.54, 1.807) is 17.5 Å². The molecule has 0 saturated heterocycles. The second kappa shape index (κ2) is 5.20. The third-order valence-electron chi connectivity index (χ3n) is 3.26. The van der Waals surface area contributed by atoms with Gasteiger partial charge in [-0.1, -0.05) is 23.8 Å². The molecular formula is C14H15NO3S2. The first-order valence-electron chi connectivity index (χ1n) is 6.35. The molecule has 1 aromatic carbocycles. The summed E-state index contributed by atoms with van der Waals surface area (Å²) in [5, 5.41) is 1.76. The molecule has 2 aromatic rings. The molecule has 1 N–H and O–H groups in total. The number of nitrogens with one attached hydrogen (secondary N) is 1. The molecule has 3 rings (SSSR count). The van der Waals surface area contributed by atoms with Gasteiger partial charge in [-0.25, -0.2) is 13.1 Å². The minimum absolute atomic E-state index is 0.231. The van der Waals surface area contributed by atoms with Crippen LogP contribution in [0.5, 0.6) is 5.75 Å². The third kappa shape index (κ3) is 2.59. The Labute approximate surface area is 122 Å². The first-order valence-corrected chi connectivity index (χ1v) is 8.72. The van der Waals surface area contributed by atoms with Crippen molar-refractivity contribution in [1.29, 1.82) is 0 Å². The van der Waals surface area contributed by atoms with Gasteiger partial charge < -0.3 is 4.74 Å². The van der Waals surface area contributed by atoms with Gasteiger partial charge in [-0.3, -0.25) is 0 Å². The molecule has 0 radical (unpaired) electrons. The van der Waals surface area contributed by atoms with Gasteiger partial charge in [-0.2, -0.15) is 0 Å². The summed E-state index contributed by atoms with van der Waals surface area (Å²) in [6.07, 6.45) is 0.640. The summed E-state index contributed by atoms with van der Waals surface area (Å²) in [5.41, 5.74) is 2.01. The number of sulfonamides is 1. The zero-order valence-electron chi connectivity index (χ0n) is 11.0. The molecule has 1 aromatic heterocycles. The molecule has 0 fully saturated rings. The molecule has 106 valence electrons. The van der Waals surface area contributed by atoms with Crippen LogP contribution >= 0.6 is 11.3 Å². The lowest BCUT2D eigenvalue weighted by Crippen LogP contribution is -2.31. The lowest BCUT2D eigenvalue weighted by Gasteiger charge is -2.26. The van der Waals surface area contributed by atoms with E-state index in [1.165, 1.54) is 11.3 Å². The lowest BCUT2D eigenvalue weighted by atomic mass is 10.00. The second-order valence-electron chi connectivity index (χ2n) is 4.78. The van der Waals surface area contributed by atoms with Gasteiger partial charge in [-0.15, -0.1) is 11.3 Å². The number of hydrogen-bond donors (Lipinski definition) is 1. The Morgan fingerprint density at radius 3 is 2.95 bits per heavy atom. The minimum Gasteiger partial charge on any atom is -0.493 e. The highest BCUT2D eigenvalue weighted by Gasteiger charge is 2.27. The second-order valence-corrected chi connectivity index (χ2v) is 7.67. The molecule has 1 atom stereocenters. The normalized spacial score (nSPS) is 18.4. The first-order chi connectivity index (χ1) is 9.56. The molecule has 1 aliphatic rings. The van der Waals surface area contributed by atoms with E-state index in [1.807, 2.05) is 25.1 Å². The number of rotatable bonds is 3. The number of hydrogen-bond acceptors (Lipinski definition) is 4. The number of fused-ring (bicyclic) bond motifs is 1. The van der Waals surface area contributed by atoms with E-state index in [-0.39, 0.29) is 6.04 Å².